The van der Waals surface area contributed by atoms with Crippen LogP contribution in [0.1, 0.15) is 16.7 Å². The van der Waals surface area contributed by atoms with Crippen molar-refractivity contribution in [1.29, 1.82) is 5.41 Å². The SMILES string of the molecule is N=C(N)c1ccc2c(c1)C(=Cc1ccnc3ccccc13)C(=O)N2. The van der Waals surface area contributed by atoms with E-state index in [2.05, 4.69) is 10.3 Å². The molecule has 4 rings (SSSR count). The molecule has 116 valence electrons. The van der Waals surface area contributed by atoms with Gasteiger partial charge in [0.25, 0.3) is 5.91 Å². The first-order valence-electron chi connectivity index (χ1n) is 7.49. The Bertz CT molecular complexity index is 1030. The number of hydrogen-bond donors (Lipinski definition) is 3. The number of hydrogen-bond acceptors (Lipinski definition) is 3. The van der Waals surface area contributed by atoms with Crippen LogP contribution < -0.4 is 11.1 Å². The van der Waals surface area contributed by atoms with Gasteiger partial charge in [-0.15, -0.1) is 0 Å². The molecule has 0 saturated heterocycles. The van der Waals surface area contributed by atoms with Crippen LogP contribution in [0.4, 0.5) is 5.69 Å². The number of fused-ring (bicyclic) bond motifs is 2. The van der Waals surface area contributed by atoms with E-state index in [-0.39, 0.29) is 11.7 Å². The van der Waals surface area contributed by atoms with Gasteiger partial charge in [0.05, 0.1) is 5.52 Å². The van der Waals surface area contributed by atoms with Gasteiger partial charge in [-0.25, -0.2) is 0 Å². The largest absolute Gasteiger partial charge is 0.384 e. The molecule has 0 spiro atoms. The number of carbonyl (C=O) groups is 1. The number of benzene rings is 2. The number of carbonyl (C=O) groups excluding carboxylic acids is 1. The topological polar surface area (TPSA) is 91.9 Å². The quantitative estimate of drug-likeness (QED) is 0.386. The summed E-state index contributed by atoms with van der Waals surface area (Å²) in [5.41, 5.74) is 10.0. The number of aromatic nitrogens is 1. The van der Waals surface area contributed by atoms with Crippen molar-refractivity contribution in [3.8, 4) is 0 Å². The van der Waals surface area contributed by atoms with Crippen LogP contribution in [-0.2, 0) is 4.79 Å². The van der Waals surface area contributed by atoms with E-state index in [1.165, 1.54) is 0 Å². The van der Waals surface area contributed by atoms with Gasteiger partial charge in [0, 0.05) is 34.0 Å². The number of amidine groups is 1. The molecular weight excluding hydrogens is 300 g/mol. The van der Waals surface area contributed by atoms with E-state index in [9.17, 15) is 4.79 Å². The molecule has 5 heteroatoms. The van der Waals surface area contributed by atoms with Crippen LogP contribution in [0.3, 0.4) is 0 Å². The molecule has 3 aromatic rings. The maximum atomic E-state index is 12.4. The molecule has 0 fully saturated rings. The highest BCUT2D eigenvalue weighted by molar-refractivity contribution is 6.35. The van der Waals surface area contributed by atoms with Gasteiger partial charge in [-0.3, -0.25) is 15.2 Å². The maximum Gasteiger partial charge on any atom is 0.256 e. The summed E-state index contributed by atoms with van der Waals surface area (Å²) in [5, 5.41) is 11.4. The Morgan fingerprint density at radius 2 is 2.00 bits per heavy atom. The zero-order valence-corrected chi connectivity index (χ0v) is 12.7. The average molecular weight is 314 g/mol. The number of pyridine rings is 1. The van der Waals surface area contributed by atoms with Gasteiger partial charge in [0.1, 0.15) is 5.84 Å². The minimum atomic E-state index is -0.161. The highest BCUT2D eigenvalue weighted by Gasteiger charge is 2.24. The first kappa shape index (κ1) is 14.1. The molecule has 2 heterocycles. The number of anilines is 1. The molecular formula is C19H14N4O. The number of amides is 1. The summed E-state index contributed by atoms with van der Waals surface area (Å²) in [6.07, 6.45) is 3.59. The van der Waals surface area contributed by atoms with Crippen molar-refractivity contribution >= 4 is 40.0 Å². The minimum Gasteiger partial charge on any atom is -0.384 e. The molecule has 0 aliphatic carbocycles. The molecule has 0 atom stereocenters. The summed E-state index contributed by atoms with van der Waals surface area (Å²) in [5.74, 6) is -0.183. The third-order valence-corrected chi connectivity index (χ3v) is 4.10. The first-order valence-corrected chi connectivity index (χ1v) is 7.49. The zero-order chi connectivity index (χ0) is 16.7. The van der Waals surface area contributed by atoms with Crippen molar-refractivity contribution in [3.05, 3.63) is 71.4 Å². The number of nitrogens with two attached hydrogens (primary N) is 1. The van der Waals surface area contributed by atoms with Crippen molar-refractivity contribution in [1.82, 2.24) is 4.98 Å². The lowest BCUT2D eigenvalue weighted by atomic mass is 10.00. The molecule has 2 aromatic carbocycles. The standard InChI is InChI=1S/C19H14N4O/c20-18(21)12-5-6-17-14(10-12)15(19(24)23-17)9-11-7-8-22-16-4-2-1-3-13(11)16/h1-10H,(H3,20,21)(H,23,24). The third-order valence-electron chi connectivity index (χ3n) is 4.10. The lowest BCUT2D eigenvalue weighted by Crippen LogP contribution is -2.10. The van der Waals surface area contributed by atoms with E-state index in [0.29, 0.717) is 11.1 Å². The van der Waals surface area contributed by atoms with Gasteiger partial charge >= 0.3 is 0 Å². The summed E-state index contributed by atoms with van der Waals surface area (Å²) >= 11 is 0. The maximum absolute atomic E-state index is 12.4. The van der Waals surface area contributed by atoms with Crippen molar-refractivity contribution < 1.29 is 4.79 Å². The smallest absolute Gasteiger partial charge is 0.256 e. The van der Waals surface area contributed by atoms with Crippen LogP contribution in [0, 0.1) is 5.41 Å². The highest BCUT2D eigenvalue weighted by atomic mass is 16.2. The van der Waals surface area contributed by atoms with Crippen molar-refractivity contribution in [2.45, 2.75) is 0 Å². The summed E-state index contributed by atoms with van der Waals surface area (Å²) in [6, 6.07) is 15.0. The Balaban J connectivity index is 1.91. The molecule has 0 radical (unpaired) electrons. The molecule has 1 aromatic heterocycles. The van der Waals surface area contributed by atoms with Crippen LogP contribution in [0.5, 0.6) is 0 Å². The van der Waals surface area contributed by atoms with Crippen LogP contribution in [0.15, 0.2) is 54.7 Å². The molecule has 1 aliphatic heterocycles. The monoisotopic (exact) mass is 314 g/mol. The average Bonchev–Trinajstić information content (AvgIpc) is 2.90. The van der Waals surface area contributed by atoms with Crippen LogP contribution >= 0.6 is 0 Å². The molecule has 0 unspecified atom stereocenters. The number of nitrogens with zero attached hydrogens (tertiary/aromatic N) is 1. The summed E-state index contributed by atoms with van der Waals surface area (Å²) in [6.45, 7) is 0. The Hall–Kier alpha value is -3.47. The fourth-order valence-corrected chi connectivity index (χ4v) is 2.90. The molecule has 1 amide bonds. The highest BCUT2D eigenvalue weighted by Crippen LogP contribution is 2.34. The normalized spacial score (nSPS) is 14.7. The van der Waals surface area contributed by atoms with E-state index in [0.717, 1.165) is 27.7 Å². The molecule has 5 nitrogen and oxygen atoms in total. The second kappa shape index (κ2) is 5.31. The number of para-hydroxylation sites is 1. The number of nitrogen functional groups attached to an aromatic ring is 1. The van der Waals surface area contributed by atoms with Gasteiger partial charge in [-0.1, -0.05) is 18.2 Å². The predicted molar refractivity (Wildman–Crippen MR) is 95.7 cm³/mol. The molecule has 24 heavy (non-hydrogen) atoms. The van der Waals surface area contributed by atoms with Crippen LogP contribution in [0.2, 0.25) is 0 Å². The van der Waals surface area contributed by atoms with Gasteiger partial charge < -0.3 is 11.1 Å². The molecule has 0 saturated carbocycles. The third kappa shape index (κ3) is 2.23. The predicted octanol–water partition coefficient (Wildman–Crippen LogP) is 3.01. The second-order valence-electron chi connectivity index (χ2n) is 5.60. The van der Waals surface area contributed by atoms with Crippen molar-refractivity contribution in [3.63, 3.8) is 0 Å². The fourth-order valence-electron chi connectivity index (χ4n) is 2.90. The fraction of sp³-hybridized carbons (Fsp3) is 0. The Morgan fingerprint density at radius 1 is 1.17 bits per heavy atom. The zero-order valence-electron chi connectivity index (χ0n) is 12.7. The van der Waals surface area contributed by atoms with Gasteiger partial charge in [0.15, 0.2) is 0 Å². The Kier molecular flexibility index (Phi) is 3.13. The lowest BCUT2D eigenvalue weighted by Gasteiger charge is -2.04. The van der Waals surface area contributed by atoms with Gasteiger partial charge in [-0.05, 0) is 42.0 Å². The van der Waals surface area contributed by atoms with Crippen molar-refractivity contribution in [2.24, 2.45) is 5.73 Å². The summed E-state index contributed by atoms with van der Waals surface area (Å²) < 4.78 is 0. The van der Waals surface area contributed by atoms with E-state index in [1.54, 1.807) is 24.4 Å². The number of rotatable bonds is 2. The summed E-state index contributed by atoms with van der Waals surface area (Å²) in [7, 11) is 0. The van der Waals surface area contributed by atoms with E-state index >= 15 is 0 Å². The lowest BCUT2D eigenvalue weighted by molar-refractivity contribution is -0.110. The minimum absolute atomic E-state index is 0.0224. The van der Waals surface area contributed by atoms with E-state index in [1.807, 2.05) is 36.4 Å². The Labute approximate surface area is 138 Å². The van der Waals surface area contributed by atoms with E-state index in [4.69, 9.17) is 11.1 Å². The Morgan fingerprint density at radius 3 is 2.83 bits per heavy atom. The van der Waals surface area contributed by atoms with Crippen molar-refractivity contribution in [2.75, 3.05) is 5.32 Å². The van der Waals surface area contributed by atoms with E-state index < -0.39 is 0 Å². The number of nitrogens with one attached hydrogen (secondary N) is 2. The van der Waals surface area contributed by atoms with Crippen LogP contribution in [0.25, 0.3) is 22.6 Å². The van der Waals surface area contributed by atoms with Gasteiger partial charge in [-0.2, -0.15) is 0 Å². The van der Waals surface area contributed by atoms with Crippen LogP contribution in [-0.4, -0.2) is 16.7 Å². The molecule has 4 N–H and O–H groups in total. The molecule has 1 aliphatic rings. The molecule has 0 bridgehead atoms. The second-order valence-corrected chi connectivity index (χ2v) is 5.60. The summed E-state index contributed by atoms with van der Waals surface area (Å²) in [4.78, 5) is 16.7. The first-order chi connectivity index (χ1) is 11.6. The van der Waals surface area contributed by atoms with Gasteiger partial charge in [0.2, 0.25) is 0 Å².